The lowest BCUT2D eigenvalue weighted by Gasteiger charge is -2.22. The summed E-state index contributed by atoms with van der Waals surface area (Å²) < 4.78 is 0. The zero-order chi connectivity index (χ0) is 16.8. The van der Waals surface area contributed by atoms with Gasteiger partial charge in [0.15, 0.2) is 5.96 Å². The van der Waals surface area contributed by atoms with E-state index < -0.39 is 0 Å². The van der Waals surface area contributed by atoms with E-state index in [-0.39, 0.29) is 0 Å². The van der Waals surface area contributed by atoms with Crippen molar-refractivity contribution >= 4 is 5.96 Å². The molecule has 0 saturated carbocycles. The molecule has 0 amide bonds. The van der Waals surface area contributed by atoms with Crippen LogP contribution in [0.2, 0.25) is 0 Å². The minimum absolute atomic E-state index is 0.938. The van der Waals surface area contributed by atoms with Gasteiger partial charge in [-0.3, -0.25) is 4.99 Å². The number of hydrogen-bond donors (Lipinski definition) is 1. The maximum Gasteiger partial charge on any atom is 0.193 e. The number of nitrogens with one attached hydrogen (secondary N) is 1. The topological polar surface area (TPSA) is 30.9 Å². The Morgan fingerprint density at radius 3 is 2.65 bits per heavy atom. The molecule has 0 bridgehead atoms. The zero-order valence-electron chi connectivity index (χ0n) is 15.5. The lowest BCUT2D eigenvalue weighted by atomic mass is 10.2. The van der Waals surface area contributed by atoms with Crippen LogP contribution in [0.15, 0.2) is 17.6 Å². The summed E-state index contributed by atoms with van der Waals surface area (Å²) in [7, 11) is 2.15. The number of likely N-dealkylation sites (tertiary alicyclic amines) is 1. The summed E-state index contributed by atoms with van der Waals surface area (Å²) in [6, 6.07) is 0. The van der Waals surface area contributed by atoms with Crippen molar-refractivity contribution in [2.75, 3.05) is 46.3 Å². The van der Waals surface area contributed by atoms with E-state index in [1.165, 1.54) is 64.6 Å². The van der Waals surface area contributed by atoms with Crippen LogP contribution >= 0.6 is 0 Å². The molecular formula is C19H38N4. The van der Waals surface area contributed by atoms with E-state index in [0.717, 1.165) is 32.0 Å². The summed E-state index contributed by atoms with van der Waals surface area (Å²) in [4.78, 5) is 9.65. The normalized spacial score (nSPS) is 15.8. The summed E-state index contributed by atoms with van der Waals surface area (Å²) in [6.45, 7) is 12.7. The third kappa shape index (κ3) is 9.65. The predicted octanol–water partition coefficient (Wildman–Crippen LogP) is 3.51. The third-order valence-corrected chi connectivity index (χ3v) is 4.44. The average molecular weight is 323 g/mol. The highest BCUT2D eigenvalue weighted by atomic mass is 15.3. The fraction of sp³-hybridized carbons (Fsp3) is 0.842. The van der Waals surface area contributed by atoms with Crippen LogP contribution in [0.1, 0.15) is 58.3 Å². The quantitative estimate of drug-likeness (QED) is 0.258. The first-order chi connectivity index (χ1) is 11.3. The van der Waals surface area contributed by atoms with Crippen LogP contribution in [-0.2, 0) is 0 Å². The van der Waals surface area contributed by atoms with E-state index in [1.807, 2.05) is 6.08 Å². The van der Waals surface area contributed by atoms with Crippen molar-refractivity contribution in [3.8, 4) is 0 Å². The summed E-state index contributed by atoms with van der Waals surface area (Å²) >= 11 is 0. The van der Waals surface area contributed by atoms with Crippen LogP contribution in [0.4, 0.5) is 0 Å². The fourth-order valence-corrected chi connectivity index (χ4v) is 3.03. The molecule has 1 heterocycles. The number of hydrogen-bond acceptors (Lipinski definition) is 2. The first kappa shape index (κ1) is 20.0. The lowest BCUT2D eigenvalue weighted by molar-refractivity contribution is 0.331. The number of unbranched alkanes of at least 4 members (excludes halogenated alkanes) is 4. The monoisotopic (exact) mass is 322 g/mol. The first-order valence-corrected chi connectivity index (χ1v) is 9.60. The van der Waals surface area contributed by atoms with Gasteiger partial charge in [-0.1, -0.05) is 12.5 Å². The molecule has 1 aliphatic heterocycles. The number of guanidine groups is 1. The van der Waals surface area contributed by atoms with E-state index >= 15 is 0 Å². The smallest absolute Gasteiger partial charge is 0.193 e. The highest BCUT2D eigenvalue weighted by Gasteiger charge is 2.10. The molecule has 0 aliphatic carbocycles. The molecule has 4 heteroatoms. The second kappa shape index (κ2) is 13.4. The molecule has 4 nitrogen and oxygen atoms in total. The molecule has 0 aromatic rings. The Labute approximate surface area is 144 Å². The number of rotatable bonds is 12. The van der Waals surface area contributed by atoms with Gasteiger partial charge in [0, 0.05) is 26.7 Å². The van der Waals surface area contributed by atoms with Crippen LogP contribution in [0.3, 0.4) is 0 Å². The average Bonchev–Trinajstić information content (AvgIpc) is 3.06. The Morgan fingerprint density at radius 2 is 1.96 bits per heavy atom. The van der Waals surface area contributed by atoms with Gasteiger partial charge in [0.1, 0.15) is 0 Å². The minimum atomic E-state index is 0.938. The van der Waals surface area contributed by atoms with Gasteiger partial charge < -0.3 is 15.1 Å². The molecule has 1 saturated heterocycles. The molecule has 0 aromatic heterocycles. The van der Waals surface area contributed by atoms with Crippen molar-refractivity contribution in [3.05, 3.63) is 12.7 Å². The summed E-state index contributed by atoms with van der Waals surface area (Å²) in [6.07, 6.45) is 12.1. The molecular weight excluding hydrogens is 284 g/mol. The van der Waals surface area contributed by atoms with Gasteiger partial charge in [-0.15, -0.1) is 6.58 Å². The number of nitrogens with zero attached hydrogens (tertiary/aromatic N) is 3. The summed E-state index contributed by atoms with van der Waals surface area (Å²) in [5, 5.41) is 3.42. The van der Waals surface area contributed by atoms with Gasteiger partial charge in [-0.05, 0) is 71.5 Å². The van der Waals surface area contributed by atoms with E-state index in [1.54, 1.807) is 0 Å². The Balaban J connectivity index is 2.17. The van der Waals surface area contributed by atoms with Crippen LogP contribution < -0.4 is 5.32 Å². The van der Waals surface area contributed by atoms with E-state index in [0.29, 0.717) is 0 Å². The number of allylic oxidation sites excluding steroid dienone is 1. The van der Waals surface area contributed by atoms with Gasteiger partial charge in [-0.25, -0.2) is 0 Å². The van der Waals surface area contributed by atoms with E-state index in [2.05, 4.69) is 35.7 Å². The second-order valence-electron chi connectivity index (χ2n) is 6.55. The maximum absolute atomic E-state index is 4.79. The molecule has 0 unspecified atom stereocenters. The van der Waals surface area contributed by atoms with Crippen molar-refractivity contribution < 1.29 is 0 Å². The van der Waals surface area contributed by atoms with E-state index in [9.17, 15) is 0 Å². The van der Waals surface area contributed by atoms with Crippen molar-refractivity contribution in [1.82, 2.24) is 15.1 Å². The zero-order valence-corrected chi connectivity index (χ0v) is 15.5. The molecule has 0 aromatic carbocycles. The highest BCUT2D eigenvalue weighted by molar-refractivity contribution is 5.79. The van der Waals surface area contributed by atoms with Gasteiger partial charge >= 0.3 is 0 Å². The maximum atomic E-state index is 4.79. The predicted molar refractivity (Wildman–Crippen MR) is 102 cm³/mol. The molecule has 0 atom stereocenters. The summed E-state index contributed by atoms with van der Waals surface area (Å²) in [5.41, 5.74) is 0. The van der Waals surface area contributed by atoms with Gasteiger partial charge in [-0.2, -0.15) is 0 Å². The molecule has 1 N–H and O–H groups in total. The highest BCUT2D eigenvalue weighted by Crippen LogP contribution is 2.08. The van der Waals surface area contributed by atoms with Crippen molar-refractivity contribution in [1.29, 1.82) is 0 Å². The second-order valence-corrected chi connectivity index (χ2v) is 6.55. The van der Waals surface area contributed by atoms with Crippen molar-refractivity contribution in [3.63, 3.8) is 0 Å². The molecule has 0 radical (unpaired) electrons. The molecule has 134 valence electrons. The van der Waals surface area contributed by atoms with Gasteiger partial charge in [0.25, 0.3) is 0 Å². The SMILES string of the molecule is C=CCCCCCN(C)C(=NCCCCN1CCCC1)NCC. The van der Waals surface area contributed by atoms with E-state index in [4.69, 9.17) is 4.99 Å². The molecule has 0 spiro atoms. The Morgan fingerprint density at radius 1 is 1.17 bits per heavy atom. The lowest BCUT2D eigenvalue weighted by Crippen LogP contribution is -2.39. The van der Waals surface area contributed by atoms with Crippen LogP contribution in [0.5, 0.6) is 0 Å². The van der Waals surface area contributed by atoms with Crippen LogP contribution in [-0.4, -0.2) is 62.1 Å². The number of aliphatic imine (C=N–C) groups is 1. The minimum Gasteiger partial charge on any atom is -0.357 e. The molecule has 23 heavy (non-hydrogen) atoms. The Hall–Kier alpha value is -1.03. The fourth-order valence-electron chi connectivity index (χ4n) is 3.03. The van der Waals surface area contributed by atoms with Crippen molar-refractivity contribution in [2.24, 2.45) is 4.99 Å². The van der Waals surface area contributed by atoms with Gasteiger partial charge in [0.2, 0.25) is 0 Å². The summed E-state index contributed by atoms with van der Waals surface area (Å²) in [5.74, 6) is 1.07. The van der Waals surface area contributed by atoms with Crippen molar-refractivity contribution in [2.45, 2.75) is 58.3 Å². The molecule has 1 fully saturated rings. The largest absolute Gasteiger partial charge is 0.357 e. The van der Waals surface area contributed by atoms with Crippen LogP contribution in [0, 0.1) is 0 Å². The Kier molecular flexibility index (Phi) is 11.7. The van der Waals surface area contributed by atoms with Crippen LogP contribution in [0.25, 0.3) is 0 Å². The Bertz CT molecular complexity index is 321. The standard InChI is InChI=1S/C19H38N4/c1-4-6-7-8-10-15-22(3)19(20-5-2)21-14-9-11-16-23-17-12-13-18-23/h4H,1,5-18H2,2-3H3,(H,20,21). The molecule has 1 aliphatic rings. The molecule has 1 rings (SSSR count). The van der Waals surface area contributed by atoms with Gasteiger partial charge in [0.05, 0.1) is 0 Å². The first-order valence-electron chi connectivity index (χ1n) is 9.60. The third-order valence-electron chi connectivity index (χ3n) is 4.44.